The smallest absolute Gasteiger partial charge is 0.191 e. The van der Waals surface area contributed by atoms with Gasteiger partial charge in [0.1, 0.15) is 11.9 Å². The third kappa shape index (κ3) is 2.91. The third-order valence-corrected chi connectivity index (χ3v) is 2.91. The van der Waals surface area contributed by atoms with Gasteiger partial charge >= 0.3 is 0 Å². The molecule has 0 aliphatic heterocycles. The number of ether oxygens (including phenoxy) is 1. The Morgan fingerprint density at radius 2 is 1.76 bits per heavy atom. The van der Waals surface area contributed by atoms with Crippen LogP contribution in [0, 0.1) is 17.5 Å². The molecule has 2 unspecified atom stereocenters. The van der Waals surface area contributed by atoms with Crippen molar-refractivity contribution in [3.05, 3.63) is 29.6 Å². The van der Waals surface area contributed by atoms with Crippen LogP contribution in [0.5, 0.6) is 5.75 Å². The lowest BCUT2D eigenvalue weighted by Gasteiger charge is -2.27. The topological polar surface area (TPSA) is 35.2 Å². The highest BCUT2D eigenvalue weighted by Crippen LogP contribution is 2.28. The zero-order valence-corrected chi connectivity index (χ0v) is 9.26. The quantitative estimate of drug-likeness (QED) is 0.869. The summed E-state index contributed by atoms with van der Waals surface area (Å²) < 4.78 is 44.6. The molecule has 0 amide bonds. The maximum Gasteiger partial charge on any atom is 0.191 e. The molecule has 0 radical (unpaired) electrons. The molecule has 1 fully saturated rings. The van der Waals surface area contributed by atoms with Crippen molar-refractivity contribution in [3.63, 3.8) is 0 Å². The van der Waals surface area contributed by atoms with E-state index in [9.17, 15) is 13.2 Å². The normalized spacial score (nSPS) is 24.7. The first-order chi connectivity index (χ1) is 8.06. The minimum absolute atomic E-state index is 0.000297. The van der Waals surface area contributed by atoms with Gasteiger partial charge in [0.2, 0.25) is 0 Å². The monoisotopic (exact) mass is 245 g/mol. The van der Waals surface area contributed by atoms with Gasteiger partial charge < -0.3 is 10.5 Å². The highest BCUT2D eigenvalue weighted by molar-refractivity contribution is 5.27. The summed E-state index contributed by atoms with van der Waals surface area (Å²) in [4.78, 5) is 0. The van der Waals surface area contributed by atoms with Crippen LogP contribution in [0.1, 0.15) is 25.7 Å². The second-order valence-electron chi connectivity index (χ2n) is 4.37. The second-order valence-corrected chi connectivity index (χ2v) is 4.37. The molecular weight excluding hydrogens is 231 g/mol. The average Bonchev–Trinajstić information content (AvgIpc) is 2.23. The Morgan fingerprint density at radius 1 is 1.12 bits per heavy atom. The Morgan fingerprint density at radius 3 is 2.35 bits per heavy atom. The van der Waals surface area contributed by atoms with Crippen LogP contribution in [-0.2, 0) is 0 Å². The van der Waals surface area contributed by atoms with E-state index in [4.69, 9.17) is 10.5 Å². The van der Waals surface area contributed by atoms with Crippen LogP contribution in [0.3, 0.4) is 0 Å². The Labute approximate surface area is 97.6 Å². The van der Waals surface area contributed by atoms with Gasteiger partial charge in [-0.3, -0.25) is 0 Å². The summed E-state index contributed by atoms with van der Waals surface area (Å²) in [5, 5.41) is 0. The molecule has 5 heteroatoms. The number of halogens is 3. The number of hydrogen-bond acceptors (Lipinski definition) is 2. The minimum atomic E-state index is -1.01. The Bertz CT molecular complexity index is 388. The van der Waals surface area contributed by atoms with Crippen molar-refractivity contribution in [3.8, 4) is 5.75 Å². The summed E-state index contributed by atoms with van der Waals surface area (Å²) in [6.45, 7) is 0. The predicted molar refractivity (Wildman–Crippen MR) is 57.2 cm³/mol. The fourth-order valence-electron chi connectivity index (χ4n) is 2.10. The van der Waals surface area contributed by atoms with E-state index in [1.807, 2.05) is 0 Å². The summed E-state index contributed by atoms with van der Waals surface area (Å²) in [6.07, 6.45) is 2.75. The van der Waals surface area contributed by atoms with Gasteiger partial charge in [0.05, 0.1) is 0 Å². The van der Waals surface area contributed by atoms with Gasteiger partial charge in [-0.2, -0.15) is 0 Å². The number of hydrogen-bond donors (Lipinski definition) is 1. The molecule has 1 aromatic rings. The van der Waals surface area contributed by atoms with Crippen molar-refractivity contribution < 1.29 is 17.9 Å². The van der Waals surface area contributed by atoms with Crippen LogP contribution in [0.2, 0.25) is 0 Å². The van der Waals surface area contributed by atoms with Gasteiger partial charge in [0.25, 0.3) is 0 Å². The Hall–Kier alpha value is -1.23. The van der Waals surface area contributed by atoms with Gasteiger partial charge in [0, 0.05) is 18.2 Å². The highest BCUT2D eigenvalue weighted by Gasteiger charge is 2.23. The Balaban J connectivity index is 2.12. The minimum Gasteiger partial charge on any atom is -0.484 e. The molecule has 0 aromatic heterocycles. The molecular formula is C12H14F3NO. The van der Waals surface area contributed by atoms with Crippen molar-refractivity contribution >= 4 is 0 Å². The van der Waals surface area contributed by atoms with Crippen LogP contribution in [0.15, 0.2) is 12.1 Å². The van der Waals surface area contributed by atoms with E-state index in [0.717, 1.165) is 12.8 Å². The third-order valence-electron chi connectivity index (χ3n) is 2.91. The molecule has 0 spiro atoms. The highest BCUT2D eigenvalue weighted by atomic mass is 19.1. The largest absolute Gasteiger partial charge is 0.484 e. The molecule has 94 valence electrons. The van der Waals surface area contributed by atoms with Gasteiger partial charge in [0.15, 0.2) is 17.4 Å². The van der Waals surface area contributed by atoms with Crippen LogP contribution >= 0.6 is 0 Å². The first-order valence-electron chi connectivity index (χ1n) is 5.63. The summed E-state index contributed by atoms with van der Waals surface area (Å²) in [5.74, 6) is -3.48. The first-order valence-corrected chi connectivity index (χ1v) is 5.63. The molecule has 2 atom stereocenters. The molecule has 0 saturated heterocycles. The molecule has 1 aliphatic carbocycles. The van der Waals surface area contributed by atoms with E-state index in [0.29, 0.717) is 25.0 Å². The zero-order chi connectivity index (χ0) is 12.4. The van der Waals surface area contributed by atoms with Crippen LogP contribution in [0.4, 0.5) is 13.2 Å². The molecule has 2 rings (SSSR count). The maximum absolute atomic E-state index is 13.3. The number of rotatable bonds is 2. The molecule has 1 aromatic carbocycles. The molecule has 2 nitrogen and oxygen atoms in total. The molecule has 2 N–H and O–H groups in total. The molecule has 0 heterocycles. The lowest BCUT2D eigenvalue weighted by atomic mass is 9.93. The number of nitrogens with two attached hydrogens (primary N) is 1. The van der Waals surface area contributed by atoms with Crippen LogP contribution < -0.4 is 10.5 Å². The molecule has 1 aliphatic rings. The zero-order valence-electron chi connectivity index (χ0n) is 9.26. The van der Waals surface area contributed by atoms with Crippen molar-refractivity contribution in [2.75, 3.05) is 0 Å². The van der Waals surface area contributed by atoms with Gasteiger partial charge in [-0.15, -0.1) is 0 Å². The SMILES string of the molecule is NC1CCCC(Oc2c(F)cc(F)cc2F)C1. The maximum atomic E-state index is 13.3. The van der Waals surface area contributed by atoms with Gasteiger partial charge in [-0.1, -0.05) is 0 Å². The fraction of sp³-hybridized carbons (Fsp3) is 0.500. The standard InChI is InChI=1S/C12H14F3NO/c13-7-4-10(14)12(11(15)5-7)17-9-3-1-2-8(16)6-9/h4-5,8-9H,1-3,6,16H2. The van der Waals surface area contributed by atoms with Crippen LogP contribution in [0.25, 0.3) is 0 Å². The number of benzene rings is 1. The van der Waals surface area contributed by atoms with Crippen molar-refractivity contribution in [1.29, 1.82) is 0 Å². The first kappa shape index (κ1) is 12.2. The van der Waals surface area contributed by atoms with Crippen LogP contribution in [-0.4, -0.2) is 12.1 Å². The summed E-state index contributed by atoms with van der Waals surface area (Å²) in [7, 11) is 0. The molecule has 17 heavy (non-hydrogen) atoms. The van der Waals surface area contributed by atoms with E-state index in [2.05, 4.69) is 0 Å². The van der Waals surface area contributed by atoms with E-state index in [1.54, 1.807) is 0 Å². The molecule has 1 saturated carbocycles. The van der Waals surface area contributed by atoms with E-state index in [1.165, 1.54) is 0 Å². The fourth-order valence-corrected chi connectivity index (χ4v) is 2.10. The van der Waals surface area contributed by atoms with Crippen molar-refractivity contribution in [2.24, 2.45) is 5.73 Å². The lowest BCUT2D eigenvalue weighted by molar-refractivity contribution is 0.132. The molecule has 0 bridgehead atoms. The summed E-state index contributed by atoms with van der Waals surface area (Å²) in [5.41, 5.74) is 5.75. The van der Waals surface area contributed by atoms with E-state index < -0.39 is 23.2 Å². The van der Waals surface area contributed by atoms with Crippen molar-refractivity contribution in [1.82, 2.24) is 0 Å². The van der Waals surface area contributed by atoms with E-state index >= 15 is 0 Å². The van der Waals surface area contributed by atoms with Gasteiger partial charge in [-0.05, 0) is 25.7 Å². The summed E-state index contributed by atoms with van der Waals surface area (Å²) in [6, 6.07) is 1.22. The van der Waals surface area contributed by atoms with Crippen molar-refractivity contribution in [2.45, 2.75) is 37.8 Å². The predicted octanol–water partition coefficient (Wildman–Crippen LogP) is 2.75. The Kier molecular flexibility index (Phi) is 3.57. The van der Waals surface area contributed by atoms with E-state index in [-0.39, 0.29) is 12.1 Å². The summed E-state index contributed by atoms with van der Waals surface area (Å²) >= 11 is 0. The lowest BCUT2D eigenvalue weighted by Crippen LogP contribution is -2.34. The average molecular weight is 245 g/mol. The van der Waals surface area contributed by atoms with Gasteiger partial charge in [-0.25, -0.2) is 13.2 Å². The second kappa shape index (κ2) is 4.96.